The third-order valence-corrected chi connectivity index (χ3v) is 5.55. The Morgan fingerprint density at radius 1 is 0.931 bits per heavy atom. The molecule has 150 valence electrons. The Kier molecular flexibility index (Phi) is 5.60. The van der Waals surface area contributed by atoms with Crippen LogP contribution in [0.2, 0.25) is 0 Å². The Morgan fingerprint density at radius 3 is 2.41 bits per heavy atom. The second-order valence-corrected chi connectivity index (χ2v) is 7.48. The van der Waals surface area contributed by atoms with Crippen molar-refractivity contribution in [2.75, 3.05) is 5.32 Å². The van der Waals surface area contributed by atoms with Gasteiger partial charge < -0.3 is 9.88 Å². The summed E-state index contributed by atoms with van der Waals surface area (Å²) in [5.41, 5.74) is 6.24. The van der Waals surface area contributed by atoms with Crippen molar-refractivity contribution in [1.82, 2.24) is 9.99 Å². The van der Waals surface area contributed by atoms with Gasteiger partial charge in [-0.1, -0.05) is 31.0 Å². The van der Waals surface area contributed by atoms with Gasteiger partial charge in [0.25, 0.3) is 0 Å². The van der Waals surface area contributed by atoms with Crippen LogP contribution in [0, 0.1) is 0 Å². The summed E-state index contributed by atoms with van der Waals surface area (Å²) in [7, 11) is 0. The Hall–Kier alpha value is -3.15. The standard InChI is InChI=1S/C23H26N4O2/c1-2-27-20-12-8-7-11-18(20)19-15-17(13-14-21(19)27)24-22(28)23(29)26-25-16-9-5-3-4-6-10-16/h7-8,11-15H,2-6,9-10H2,1H3,(H,24,28)(H,26,29). The zero-order valence-corrected chi connectivity index (χ0v) is 16.7. The van der Waals surface area contributed by atoms with Gasteiger partial charge in [-0.15, -0.1) is 0 Å². The molecule has 0 atom stereocenters. The maximum Gasteiger partial charge on any atom is 0.329 e. The highest BCUT2D eigenvalue weighted by atomic mass is 16.2. The van der Waals surface area contributed by atoms with Crippen LogP contribution in [0.3, 0.4) is 0 Å². The number of aromatic nitrogens is 1. The van der Waals surface area contributed by atoms with E-state index in [-0.39, 0.29) is 0 Å². The maximum atomic E-state index is 12.3. The topological polar surface area (TPSA) is 75.5 Å². The van der Waals surface area contributed by atoms with Gasteiger partial charge >= 0.3 is 11.8 Å². The molecule has 0 bridgehead atoms. The van der Waals surface area contributed by atoms with Crippen molar-refractivity contribution in [3.63, 3.8) is 0 Å². The average Bonchev–Trinajstić information content (AvgIpc) is 2.87. The molecule has 0 saturated heterocycles. The first-order chi connectivity index (χ1) is 14.2. The van der Waals surface area contributed by atoms with Crippen molar-refractivity contribution >= 4 is 45.0 Å². The number of fused-ring (bicyclic) bond motifs is 3. The third kappa shape index (κ3) is 4.01. The van der Waals surface area contributed by atoms with E-state index in [2.05, 4.69) is 39.5 Å². The minimum atomic E-state index is -0.738. The predicted molar refractivity (Wildman–Crippen MR) is 117 cm³/mol. The van der Waals surface area contributed by atoms with Gasteiger partial charge in [-0.05, 0) is 56.9 Å². The van der Waals surface area contributed by atoms with E-state index >= 15 is 0 Å². The molecule has 6 nitrogen and oxygen atoms in total. The molecule has 1 saturated carbocycles. The van der Waals surface area contributed by atoms with Crippen LogP contribution in [-0.4, -0.2) is 22.1 Å². The highest BCUT2D eigenvalue weighted by Crippen LogP contribution is 2.30. The van der Waals surface area contributed by atoms with Crippen molar-refractivity contribution in [1.29, 1.82) is 0 Å². The summed E-state index contributed by atoms with van der Waals surface area (Å²) in [6, 6.07) is 13.9. The second kappa shape index (κ2) is 8.47. The lowest BCUT2D eigenvalue weighted by molar-refractivity contribution is -0.136. The lowest BCUT2D eigenvalue weighted by Crippen LogP contribution is -2.33. The number of carbonyl (C=O) groups excluding carboxylic acids is 2. The van der Waals surface area contributed by atoms with E-state index in [9.17, 15) is 9.59 Å². The summed E-state index contributed by atoms with van der Waals surface area (Å²) in [5, 5.41) is 9.04. The van der Waals surface area contributed by atoms with Crippen LogP contribution >= 0.6 is 0 Å². The minimum absolute atomic E-state index is 0.596. The first-order valence-electron chi connectivity index (χ1n) is 10.3. The summed E-state index contributed by atoms with van der Waals surface area (Å²) in [6.07, 6.45) is 6.35. The number of hydrogen-bond acceptors (Lipinski definition) is 3. The van der Waals surface area contributed by atoms with Crippen LogP contribution in [0.25, 0.3) is 21.8 Å². The van der Waals surface area contributed by atoms with E-state index in [4.69, 9.17) is 0 Å². The molecule has 3 aromatic rings. The summed E-state index contributed by atoms with van der Waals surface area (Å²) in [4.78, 5) is 24.5. The largest absolute Gasteiger partial charge is 0.341 e. The first-order valence-corrected chi connectivity index (χ1v) is 10.3. The molecule has 1 fully saturated rings. The fourth-order valence-electron chi connectivity index (χ4n) is 4.09. The molecule has 2 amide bonds. The van der Waals surface area contributed by atoms with Crippen molar-refractivity contribution in [3.05, 3.63) is 42.5 Å². The van der Waals surface area contributed by atoms with Crippen LogP contribution in [-0.2, 0) is 16.1 Å². The molecule has 29 heavy (non-hydrogen) atoms. The molecule has 1 aliphatic carbocycles. The van der Waals surface area contributed by atoms with Crippen LogP contribution < -0.4 is 10.7 Å². The highest BCUT2D eigenvalue weighted by molar-refractivity contribution is 6.39. The number of benzene rings is 2. The Bertz CT molecular complexity index is 1090. The number of nitrogens with one attached hydrogen (secondary N) is 2. The molecule has 1 aliphatic rings. The van der Waals surface area contributed by atoms with Crippen molar-refractivity contribution in [2.45, 2.75) is 52.0 Å². The van der Waals surface area contributed by atoms with Gasteiger partial charge in [0.05, 0.1) is 0 Å². The maximum absolute atomic E-state index is 12.3. The quantitative estimate of drug-likeness (QED) is 0.390. The number of carbonyl (C=O) groups is 2. The SMILES string of the molecule is CCn1c2ccccc2c2cc(NC(=O)C(=O)NN=C3CCCCCC3)ccc21. The molecule has 0 unspecified atom stereocenters. The lowest BCUT2D eigenvalue weighted by Gasteiger charge is -2.07. The van der Waals surface area contributed by atoms with Crippen LogP contribution in [0.5, 0.6) is 0 Å². The van der Waals surface area contributed by atoms with Crippen molar-refractivity contribution in [3.8, 4) is 0 Å². The molecule has 4 rings (SSSR count). The van der Waals surface area contributed by atoms with Crippen molar-refractivity contribution in [2.24, 2.45) is 5.10 Å². The summed E-state index contributed by atoms with van der Waals surface area (Å²) < 4.78 is 2.24. The van der Waals surface area contributed by atoms with Crippen LogP contribution in [0.4, 0.5) is 5.69 Å². The van der Waals surface area contributed by atoms with E-state index in [0.717, 1.165) is 59.7 Å². The van der Waals surface area contributed by atoms with Gasteiger partial charge in [-0.3, -0.25) is 9.59 Å². The minimum Gasteiger partial charge on any atom is -0.341 e. The van der Waals surface area contributed by atoms with Gasteiger partial charge in [-0.25, -0.2) is 5.43 Å². The first kappa shape index (κ1) is 19.2. The van der Waals surface area contributed by atoms with Gasteiger partial charge in [0, 0.05) is 39.7 Å². The van der Waals surface area contributed by atoms with Gasteiger partial charge in [-0.2, -0.15) is 5.10 Å². The van der Waals surface area contributed by atoms with E-state index in [1.807, 2.05) is 30.3 Å². The zero-order chi connectivity index (χ0) is 20.2. The fraction of sp³-hybridized carbons (Fsp3) is 0.348. The van der Waals surface area contributed by atoms with E-state index in [1.165, 1.54) is 12.8 Å². The number of para-hydroxylation sites is 1. The third-order valence-electron chi connectivity index (χ3n) is 5.55. The molecule has 0 aliphatic heterocycles. The Balaban J connectivity index is 1.51. The Morgan fingerprint density at radius 2 is 1.66 bits per heavy atom. The number of hydrazone groups is 1. The number of amides is 2. The molecule has 1 aromatic heterocycles. The molecule has 1 heterocycles. The summed E-state index contributed by atoms with van der Waals surface area (Å²) in [5.74, 6) is -1.45. The monoisotopic (exact) mass is 390 g/mol. The number of nitrogens with zero attached hydrogens (tertiary/aromatic N) is 2. The lowest BCUT2D eigenvalue weighted by atomic mass is 10.1. The number of rotatable bonds is 3. The van der Waals surface area contributed by atoms with Gasteiger partial charge in [0.2, 0.25) is 0 Å². The number of anilines is 1. The van der Waals surface area contributed by atoms with Gasteiger partial charge in [0.15, 0.2) is 0 Å². The van der Waals surface area contributed by atoms with Crippen LogP contribution in [0.1, 0.15) is 45.4 Å². The van der Waals surface area contributed by atoms with E-state index in [0.29, 0.717) is 5.69 Å². The predicted octanol–water partition coefficient (Wildman–Crippen LogP) is 4.58. The number of hydrogen-bond donors (Lipinski definition) is 2. The molecule has 0 spiro atoms. The fourth-order valence-corrected chi connectivity index (χ4v) is 4.09. The second-order valence-electron chi connectivity index (χ2n) is 7.48. The zero-order valence-electron chi connectivity index (χ0n) is 16.7. The molecule has 2 N–H and O–H groups in total. The molecule has 6 heteroatoms. The van der Waals surface area contributed by atoms with Gasteiger partial charge in [0.1, 0.15) is 0 Å². The van der Waals surface area contributed by atoms with E-state index in [1.54, 1.807) is 0 Å². The normalized spacial score (nSPS) is 14.6. The molecular formula is C23H26N4O2. The average molecular weight is 390 g/mol. The molecule has 0 radical (unpaired) electrons. The molecule has 2 aromatic carbocycles. The van der Waals surface area contributed by atoms with Crippen LogP contribution in [0.15, 0.2) is 47.6 Å². The summed E-state index contributed by atoms with van der Waals surface area (Å²) in [6.45, 7) is 2.97. The smallest absolute Gasteiger partial charge is 0.329 e. The molecular weight excluding hydrogens is 364 g/mol. The van der Waals surface area contributed by atoms with Crippen molar-refractivity contribution < 1.29 is 9.59 Å². The Labute approximate surface area is 170 Å². The highest BCUT2D eigenvalue weighted by Gasteiger charge is 2.16. The summed E-state index contributed by atoms with van der Waals surface area (Å²) >= 11 is 0. The van der Waals surface area contributed by atoms with E-state index < -0.39 is 11.8 Å². The number of aryl methyl sites for hydroxylation is 1.